The zero-order valence-electron chi connectivity index (χ0n) is 11.2. The van der Waals surface area contributed by atoms with Crippen LogP contribution in [0.1, 0.15) is 11.3 Å². The van der Waals surface area contributed by atoms with Gasteiger partial charge in [0.15, 0.2) is 0 Å². The second kappa shape index (κ2) is 5.64. The first kappa shape index (κ1) is 14.5. The lowest BCUT2D eigenvalue weighted by Gasteiger charge is -2.07. The van der Waals surface area contributed by atoms with Crippen molar-refractivity contribution in [2.24, 2.45) is 0 Å². The number of rotatable bonds is 5. The van der Waals surface area contributed by atoms with E-state index in [1.54, 1.807) is 20.0 Å². The van der Waals surface area contributed by atoms with Crippen molar-refractivity contribution in [3.63, 3.8) is 0 Å². The van der Waals surface area contributed by atoms with Crippen molar-refractivity contribution >= 4 is 15.7 Å². The SMILES string of the molecule is CNCc1cc(S(=O)(=O)Nc2ccc(F)c(C)c2)c[nH]1. The van der Waals surface area contributed by atoms with Gasteiger partial charge in [0.1, 0.15) is 10.7 Å². The normalized spacial score (nSPS) is 11.6. The molecule has 20 heavy (non-hydrogen) atoms. The number of anilines is 1. The van der Waals surface area contributed by atoms with Crippen LogP contribution >= 0.6 is 0 Å². The molecule has 1 aromatic carbocycles. The van der Waals surface area contributed by atoms with Gasteiger partial charge in [-0.1, -0.05) is 0 Å². The summed E-state index contributed by atoms with van der Waals surface area (Å²) in [5.74, 6) is -0.370. The van der Waals surface area contributed by atoms with Gasteiger partial charge in [-0.25, -0.2) is 12.8 Å². The number of benzene rings is 1. The summed E-state index contributed by atoms with van der Waals surface area (Å²) in [5, 5.41) is 2.92. The summed E-state index contributed by atoms with van der Waals surface area (Å²) in [6.07, 6.45) is 1.42. The summed E-state index contributed by atoms with van der Waals surface area (Å²) < 4.78 is 39.9. The van der Waals surface area contributed by atoms with Gasteiger partial charge in [0.2, 0.25) is 0 Å². The summed E-state index contributed by atoms with van der Waals surface area (Å²) >= 11 is 0. The molecule has 0 amide bonds. The molecular weight excluding hydrogens is 281 g/mol. The van der Waals surface area contributed by atoms with Crippen LogP contribution in [0.4, 0.5) is 10.1 Å². The van der Waals surface area contributed by atoms with Crippen LogP contribution in [0.25, 0.3) is 0 Å². The topological polar surface area (TPSA) is 74.0 Å². The maximum absolute atomic E-state index is 13.2. The van der Waals surface area contributed by atoms with Crippen molar-refractivity contribution in [2.75, 3.05) is 11.8 Å². The van der Waals surface area contributed by atoms with Gasteiger partial charge in [0, 0.05) is 24.1 Å². The number of aryl methyl sites for hydroxylation is 1. The number of H-pyrrole nitrogens is 1. The summed E-state index contributed by atoms with van der Waals surface area (Å²) in [4.78, 5) is 3.02. The van der Waals surface area contributed by atoms with Crippen molar-refractivity contribution in [1.82, 2.24) is 10.3 Å². The first-order valence-electron chi connectivity index (χ1n) is 6.03. The van der Waals surface area contributed by atoms with Crippen LogP contribution in [0.5, 0.6) is 0 Å². The third kappa shape index (κ3) is 3.17. The highest BCUT2D eigenvalue weighted by molar-refractivity contribution is 7.92. The van der Waals surface area contributed by atoms with Gasteiger partial charge in [0.25, 0.3) is 10.0 Å². The largest absolute Gasteiger partial charge is 0.363 e. The number of aromatic amines is 1. The van der Waals surface area contributed by atoms with E-state index < -0.39 is 10.0 Å². The molecule has 1 heterocycles. The lowest BCUT2D eigenvalue weighted by molar-refractivity contribution is 0.601. The highest BCUT2D eigenvalue weighted by Crippen LogP contribution is 2.19. The molecule has 0 fully saturated rings. The molecule has 0 radical (unpaired) electrons. The average molecular weight is 297 g/mol. The second-order valence-corrected chi connectivity index (χ2v) is 6.14. The first-order chi connectivity index (χ1) is 9.42. The van der Waals surface area contributed by atoms with Crippen molar-refractivity contribution < 1.29 is 12.8 Å². The van der Waals surface area contributed by atoms with Crippen molar-refractivity contribution in [3.05, 3.63) is 47.5 Å². The average Bonchev–Trinajstić information content (AvgIpc) is 2.83. The van der Waals surface area contributed by atoms with Crippen LogP contribution in [0.2, 0.25) is 0 Å². The van der Waals surface area contributed by atoms with Gasteiger partial charge < -0.3 is 10.3 Å². The van der Waals surface area contributed by atoms with E-state index in [1.807, 2.05) is 0 Å². The Morgan fingerprint density at radius 3 is 2.70 bits per heavy atom. The maximum atomic E-state index is 13.2. The number of sulfonamides is 1. The maximum Gasteiger partial charge on any atom is 0.263 e. The van der Waals surface area contributed by atoms with Crippen LogP contribution in [-0.2, 0) is 16.6 Å². The molecule has 0 saturated heterocycles. The Morgan fingerprint density at radius 2 is 2.05 bits per heavy atom. The minimum Gasteiger partial charge on any atom is -0.363 e. The molecular formula is C13H16FN3O2S. The number of halogens is 1. The Hall–Kier alpha value is -1.86. The van der Waals surface area contributed by atoms with E-state index in [9.17, 15) is 12.8 Å². The summed E-state index contributed by atoms with van der Waals surface area (Å²) in [5.41, 5.74) is 1.48. The standard InChI is InChI=1S/C13H16FN3O2S/c1-9-5-10(3-4-13(9)14)17-20(18,19)12-6-11(7-15-2)16-8-12/h3-6,8,15-17H,7H2,1-2H3. The molecule has 0 atom stereocenters. The molecule has 3 N–H and O–H groups in total. The van der Waals surface area contributed by atoms with E-state index in [0.29, 0.717) is 17.8 Å². The number of hydrogen-bond acceptors (Lipinski definition) is 3. The zero-order valence-corrected chi connectivity index (χ0v) is 12.0. The Kier molecular flexibility index (Phi) is 4.10. The van der Waals surface area contributed by atoms with Gasteiger partial charge in [0.05, 0.1) is 0 Å². The molecule has 1 aromatic heterocycles. The predicted octanol–water partition coefficient (Wildman–Crippen LogP) is 1.98. The van der Waals surface area contributed by atoms with E-state index >= 15 is 0 Å². The third-order valence-corrected chi connectivity index (χ3v) is 4.16. The minimum atomic E-state index is -3.67. The van der Waals surface area contributed by atoms with E-state index in [1.165, 1.54) is 24.4 Å². The van der Waals surface area contributed by atoms with E-state index in [4.69, 9.17) is 0 Å². The molecule has 0 bridgehead atoms. The molecule has 108 valence electrons. The molecule has 0 unspecified atom stereocenters. The molecule has 7 heteroatoms. The molecule has 0 aliphatic heterocycles. The van der Waals surface area contributed by atoms with Gasteiger partial charge >= 0.3 is 0 Å². The van der Waals surface area contributed by atoms with Crippen molar-refractivity contribution in [1.29, 1.82) is 0 Å². The Balaban J connectivity index is 2.23. The Bertz CT molecular complexity index is 710. The number of aromatic nitrogens is 1. The fourth-order valence-electron chi connectivity index (χ4n) is 1.79. The summed E-state index contributed by atoms with van der Waals surface area (Å²) in [6.45, 7) is 2.12. The molecule has 2 rings (SSSR count). The fraction of sp³-hybridized carbons (Fsp3) is 0.231. The highest BCUT2D eigenvalue weighted by atomic mass is 32.2. The lowest BCUT2D eigenvalue weighted by Crippen LogP contribution is -2.12. The van der Waals surface area contributed by atoms with Crippen LogP contribution < -0.4 is 10.0 Å². The fourth-order valence-corrected chi connectivity index (χ4v) is 2.86. The number of hydrogen-bond donors (Lipinski definition) is 3. The zero-order chi connectivity index (χ0) is 14.8. The third-order valence-electron chi connectivity index (χ3n) is 2.80. The quantitative estimate of drug-likeness (QED) is 0.790. The second-order valence-electron chi connectivity index (χ2n) is 4.46. The van der Waals surface area contributed by atoms with Gasteiger partial charge in [-0.15, -0.1) is 0 Å². The van der Waals surface area contributed by atoms with Crippen molar-refractivity contribution in [2.45, 2.75) is 18.4 Å². The van der Waals surface area contributed by atoms with Crippen LogP contribution in [0.15, 0.2) is 35.4 Å². The molecule has 0 spiro atoms. The van der Waals surface area contributed by atoms with Gasteiger partial charge in [-0.2, -0.15) is 0 Å². The predicted molar refractivity (Wildman–Crippen MR) is 75.5 cm³/mol. The molecule has 0 aliphatic carbocycles. The number of nitrogens with one attached hydrogen (secondary N) is 3. The molecule has 0 saturated carbocycles. The monoisotopic (exact) mass is 297 g/mol. The van der Waals surface area contributed by atoms with E-state index in [0.717, 1.165) is 5.69 Å². The minimum absolute atomic E-state index is 0.143. The van der Waals surface area contributed by atoms with Crippen molar-refractivity contribution in [3.8, 4) is 0 Å². The Labute approximate surface area is 117 Å². The van der Waals surface area contributed by atoms with Crippen LogP contribution in [-0.4, -0.2) is 20.4 Å². The lowest BCUT2D eigenvalue weighted by atomic mass is 10.2. The summed E-state index contributed by atoms with van der Waals surface area (Å²) in [7, 11) is -1.90. The van der Waals surface area contributed by atoms with Crippen LogP contribution in [0.3, 0.4) is 0 Å². The van der Waals surface area contributed by atoms with Crippen LogP contribution in [0, 0.1) is 12.7 Å². The summed E-state index contributed by atoms with van der Waals surface area (Å²) in [6, 6.07) is 5.63. The molecule has 0 aliphatic rings. The highest BCUT2D eigenvalue weighted by Gasteiger charge is 2.16. The van der Waals surface area contributed by atoms with E-state index in [-0.39, 0.29) is 10.7 Å². The van der Waals surface area contributed by atoms with E-state index in [2.05, 4.69) is 15.0 Å². The molecule has 5 nitrogen and oxygen atoms in total. The first-order valence-corrected chi connectivity index (χ1v) is 7.51. The van der Waals surface area contributed by atoms with Gasteiger partial charge in [-0.05, 0) is 43.8 Å². The smallest absolute Gasteiger partial charge is 0.263 e. The molecule has 2 aromatic rings. The van der Waals surface area contributed by atoms with Gasteiger partial charge in [-0.3, -0.25) is 4.72 Å². The Morgan fingerprint density at radius 1 is 1.30 bits per heavy atom.